The van der Waals surface area contributed by atoms with Crippen LogP contribution in [0.5, 0.6) is 17.2 Å². The van der Waals surface area contributed by atoms with Gasteiger partial charge in [0.2, 0.25) is 5.91 Å². The molecule has 0 unspecified atom stereocenters. The summed E-state index contributed by atoms with van der Waals surface area (Å²) in [6, 6.07) is 28.6. The summed E-state index contributed by atoms with van der Waals surface area (Å²) in [5.41, 5.74) is 4.71. The van der Waals surface area contributed by atoms with Crippen LogP contribution in [-0.2, 0) is 14.6 Å². The van der Waals surface area contributed by atoms with Crippen LogP contribution in [-0.4, -0.2) is 65.2 Å². The fourth-order valence-corrected chi connectivity index (χ4v) is 6.89. The molecule has 0 aromatic heterocycles. The molecule has 2 radical (unpaired) electrons. The van der Waals surface area contributed by atoms with Crippen LogP contribution in [0.1, 0.15) is 20.8 Å². The molecule has 8 rings (SSSR count). The molecule has 1 amide bonds. The van der Waals surface area contributed by atoms with E-state index >= 15 is 0 Å². The predicted molar refractivity (Wildman–Crippen MR) is 234 cm³/mol. The number of ether oxygens (including phenoxy) is 2. The lowest BCUT2D eigenvalue weighted by Gasteiger charge is -2.22. The van der Waals surface area contributed by atoms with Gasteiger partial charge < -0.3 is 33.9 Å². The lowest BCUT2D eigenvalue weighted by molar-refractivity contribution is -0.251. The minimum atomic E-state index is -0.128. The second-order valence-electron chi connectivity index (χ2n) is 13.9. The van der Waals surface area contributed by atoms with Crippen molar-refractivity contribution in [2.75, 3.05) is 56.2 Å². The summed E-state index contributed by atoms with van der Waals surface area (Å²) in [4.78, 5) is 47.2. The van der Waals surface area contributed by atoms with Crippen molar-refractivity contribution in [3.63, 3.8) is 0 Å². The number of aromatic nitrogens is 1. The first-order chi connectivity index (χ1) is 28.5. The van der Waals surface area contributed by atoms with Gasteiger partial charge in [0.25, 0.3) is 0 Å². The Balaban J connectivity index is 0.000000180. The van der Waals surface area contributed by atoms with Crippen molar-refractivity contribution >= 4 is 70.0 Å². The van der Waals surface area contributed by atoms with Crippen LogP contribution in [0.2, 0.25) is 0 Å². The number of nitrogens with one attached hydrogen (secondary N) is 1. The Labute approximate surface area is 342 Å². The van der Waals surface area contributed by atoms with E-state index in [4.69, 9.17) is 41.5 Å². The number of hydrogen-bond acceptors (Lipinski definition) is 11. The van der Waals surface area contributed by atoms with Crippen molar-refractivity contribution in [2.24, 2.45) is 4.99 Å². The molecule has 5 aromatic rings. The molecule has 13 heteroatoms. The smallest absolute Gasteiger partial charge is 0.216 e. The number of carbonyl (C=O) groups is 1. The van der Waals surface area contributed by atoms with Gasteiger partial charge in [0, 0.05) is 79.3 Å². The van der Waals surface area contributed by atoms with Crippen LogP contribution >= 0.6 is 0 Å². The molecule has 0 atom stereocenters. The molecule has 0 saturated carbocycles. The minimum Gasteiger partial charge on any atom is -0.492 e. The van der Waals surface area contributed by atoms with Gasteiger partial charge >= 0.3 is 0 Å². The fraction of sp³-hybridized carbons (Fsp3) is 0.217. The molecule has 2 heterocycles. The predicted octanol–water partition coefficient (Wildman–Crippen LogP) is 7.14. The normalized spacial score (nSPS) is 11.5. The van der Waals surface area contributed by atoms with E-state index in [0.717, 1.165) is 57.0 Å². The zero-order chi connectivity index (χ0) is 41.6. The Hall–Kier alpha value is -6.86. The third kappa shape index (κ3) is 9.00. The minimum absolute atomic E-state index is 0.0300. The number of amides is 1. The number of anilines is 2. The number of fused-ring (bicyclic) bond motifs is 8. The highest BCUT2D eigenvalue weighted by Crippen LogP contribution is 2.37. The molecular formula is C46H44BN5O7. The molecule has 59 heavy (non-hydrogen) atoms. The van der Waals surface area contributed by atoms with Gasteiger partial charge in [0.15, 0.2) is 36.1 Å². The van der Waals surface area contributed by atoms with Gasteiger partial charge in [-0.3, -0.25) is 9.59 Å². The summed E-state index contributed by atoms with van der Waals surface area (Å²) in [6.45, 7) is 16.7. The molecular weight excluding hydrogens is 745 g/mol. The van der Waals surface area contributed by atoms with Gasteiger partial charge in [-0.2, -0.15) is 4.89 Å². The summed E-state index contributed by atoms with van der Waals surface area (Å²) >= 11 is 0. The van der Waals surface area contributed by atoms with E-state index in [0.29, 0.717) is 71.4 Å². The van der Waals surface area contributed by atoms with Crippen molar-refractivity contribution in [3.8, 4) is 28.7 Å². The second-order valence-corrected chi connectivity index (χ2v) is 13.9. The molecule has 5 aromatic carbocycles. The Morgan fingerprint density at radius 2 is 1.66 bits per heavy atom. The number of likely N-dealkylation sites (N-methyl/N-ethyl adjacent to an activating group) is 1. The first kappa shape index (κ1) is 40.3. The maximum Gasteiger partial charge on any atom is 0.216 e. The van der Waals surface area contributed by atoms with E-state index < -0.39 is 0 Å². The SMILES string of the molecule is CCN(CC)c1ccc2nc3c4cc(OCCNC(C)=O)ccc4c(=O)cc-3oc2c1.[B]C(=C)OOCCN(C)c1ccc2c(c1)Oc1cc(=C)c3ccccc3c1=N2. The topological polar surface area (TPSA) is 128 Å². The largest absolute Gasteiger partial charge is 0.492 e. The van der Waals surface area contributed by atoms with Crippen molar-refractivity contribution in [2.45, 2.75) is 20.8 Å². The van der Waals surface area contributed by atoms with E-state index in [9.17, 15) is 9.59 Å². The summed E-state index contributed by atoms with van der Waals surface area (Å²) in [6.07, 6.45) is 0. The number of nitrogens with zero attached hydrogens (tertiary/aromatic N) is 4. The van der Waals surface area contributed by atoms with Crippen LogP contribution in [0.4, 0.5) is 17.1 Å². The third-order valence-corrected chi connectivity index (χ3v) is 9.86. The van der Waals surface area contributed by atoms with E-state index in [1.807, 2.05) is 78.7 Å². The Kier molecular flexibility index (Phi) is 12.1. The highest BCUT2D eigenvalue weighted by molar-refractivity contribution is 6.19. The molecule has 3 aliphatic rings. The average Bonchev–Trinajstić information content (AvgIpc) is 3.23. The number of carbonyl (C=O) groups excluding carboxylic acids is 1. The highest BCUT2D eigenvalue weighted by Gasteiger charge is 2.19. The molecule has 2 aliphatic heterocycles. The molecule has 0 saturated heterocycles. The highest BCUT2D eigenvalue weighted by atomic mass is 17.2. The molecule has 1 N–H and O–H groups in total. The van der Waals surface area contributed by atoms with E-state index in [1.54, 1.807) is 18.2 Å². The quantitative estimate of drug-likeness (QED) is 0.0245. The van der Waals surface area contributed by atoms with Crippen LogP contribution in [0.3, 0.4) is 0 Å². The molecule has 0 bridgehead atoms. The molecule has 0 fully saturated rings. The van der Waals surface area contributed by atoms with Crippen molar-refractivity contribution < 1.29 is 28.5 Å². The van der Waals surface area contributed by atoms with E-state index in [1.165, 1.54) is 13.0 Å². The summed E-state index contributed by atoms with van der Waals surface area (Å²) in [5, 5.41) is 7.80. The number of rotatable bonds is 13. The monoisotopic (exact) mass is 789 g/mol. The Bertz CT molecular complexity index is 2840. The lowest BCUT2D eigenvalue weighted by atomic mass is 10.0. The summed E-state index contributed by atoms with van der Waals surface area (Å²) < 4.78 is 18.0. The van der Waals surface area contributed by atoms with Crippen LogP contribution in [0.15, 0.2) is 117 Å². The molecule has 0 spiro atoms. The number of hydrogen-bond donors (Lipinski definition) is 1. The average molecular weight is 790 g/mol. The standard InChI is InChI=1S/C24H25N3O4.C22H19BN2O3/c1-4-27(5-2)16-6-9-20-22(12-16)31-23-14-21(29)18-8-7-17(13-19(18)24(23)26-20)30-11-10-25-15(3)28;1-14-12-21-22(18-7-5-4-6-17(14)18)24-19-9-8-16(13-20(19)27-21)25(3)10-11-26-28-15(2)23/h6-9,12-14H,4-5,10-11H2,1-3H3,(H,25,28);4-9,12-13H,1-2,10-11H2,3H3. The number of benzene rings is 6. The zero-order valence-electron chi connectivity index (χ0n) is 33.5. The summed E-state index contributed by atoms with van der Waals surface area (Å²) in [5.74, 6) is 2.36. The van der Waals surface area contributed by atoms with E-state index in [-0.39, 0.29) is 17.0 Å². The molecule has 1 aliphatic carbocycles. The third-order valence-electron chi connectivity index (χ3n) is 9.86. The van der Waals surface area contributed by atoms with Crippen molar-refractivity contribution in [1.82, 2.24) is 10.3 Å². The maximum atomic E-state index is 12.7. The van der Waals surface area contributed by atoms with Gasteiger partial charge in [-0.15, -0.1) is 0 Å². The Morgan fingerprint density at radius 1 is 0.881 bits per heavy atom. The van der Waals surface area contributed by atoms with Gasteiger partial charge in [-0.05, 0) is 73.0 Å². The van der Waals surface area contributed by atoms with Gasteiger partial charge in [0.05, 0.1) is 12.2 Å². The summed E-state index contributed by atoms with van der Waals surface area (Å²) in [7, 11) is 7.25. The zero-order valence-corrected chi connectivity index (χ0v) is 33.5. The van der Waals surface area contributed by atoms with Crippen LogP contribution < -0.4 is 40.6 Å². The molecule has 12 nitrogen and oxygen atoms in total. The Morgan fingerprint density at radius 3 is 2.42 bits per heavy atom. The van der Waals surface area contributed by atoms with Crippen LogP contribution in [0.25, 0.3) is 50.7 Å². The van der Waals surface area contributed by atoms with Gasteiger partial charge in [-0.1, -0.05) is 37.4 Å². The first-order valence-corrected chi connectivity index (χ1v) is 19.3. The van der Waals surface area contributed by atoms with Crippen molar-refractivity contribution in [1.29, 1.82) is 0 Å². The van der Waals surface area contributed by atoms with Crippen LogP contribution in [0, 0.1) is 0 Å². The fourth-order valence-electron chi connectivity index (χ4n) is 6.89. The molecule has 298 valence electrons. The second kappa shape index (κ2) is 17.7. The lowest BCUT2D eigenvalue weighted by Crippen LogP contribution is -2.25. The van der Waals surface area contributed by atoms with E-state index in [2.05, 4.69) is 37.2 Å². The maximum absolute atomic E-state index is 12.7. The van der Waals surface area contributed by atoms with Gasteiger partial charge in [0.1, 0.15) is 41.2 Å². The van der Waals surface area contributed by atoms with Crippen molar-refractivity contribution in [3.05, 3.63) is 124 Å². The van der Waals surface area contributed by atoms with Gasteiger partial charge in [-0.25, -0.2) is 9.98 Å². The first-order valence-electron chi connectivity index (χ1n) is 19.3.